The summed E-state index contributed by atoms with van der Waals surface area (Å²) in [6, 6.07) is -0.925. The molecule has 0 bridgehead atoms. The molecule has 6 rings (SSSR count). The van der Waals surface area contributed by atoms with Crippen molar-refractivity contribution < 1.29 is 28.2 Å². The number of ketones is 1. The first-order valence-corrected chi connectivity index (χ1v) is 16.6. The Hall–Kier alpha value is -2.24. The molecule has 11 heteroatoms. The number of halogens is 1. The standard InChI is InChI=1S/C32H50FN5O5/c1-32(2,3)43-31(41)36-20-9-12-37(16-20)27-23(33)15-21-26-29(27)42-25-14-19-8-5-4-7-18(19)13-24(25)38(26)17-22(28(21)39)30(40)35-11-6-10-34/h17-21,23-27,29H,4-16,34H2,1-3H3,(H,35,40)(H,36,41)/t18?,19?,20-,21?,23?,24?,25?,26?,27?,29?/m1/s1. The number of morpholine rings is 1. The highest BCUT2D eigenvalue weighted by atomic mass is 19.1. The summed E-state index contributed by atoms with van der Waals surface area (Å²) in [6.07, 6.45) is 7.66. The molecule has 10 nitrogen and oxygen atoms in total. The second-order valence-corrected chi connectivity index (χ2v) is 14.7. The van der Waals surface area contributed by atoms with Crippen LogP contribution in [0.5, 0.6) is 0 Å². The number of nitrogens with one attached hydrogen (secondary N) is 2. The third-order valence-electron chi connectivity index (χ3n) is 10.7. The molecule has 2 amide bonds. The Morgan fingerprint density at radius 1 is 1.12 bits per heavy atom. The zero-order valence-electron chi connectivity index (χ0n) is 25.9. The van der Waals surface area contributed by atoms with E-state index in [9.17, 15) is 14.4 Å². The number of fused-ring (bicyclic) bond motifs is 3. The van der Waals surface area contributed by atoms with Crippen LogP contribution in [0.3, 0.4) is 0 Å². The van der Waals surface area contributed by atoms with Crippen molar-refractivity contribution in [2.45, 2.75) is 127 Å². The minimum absolute atomic E-state index is 0.0576. The van der Waals surface area contributed by atoms with Gasteiger partial charge in [0, 0.05) is 37.8 Å². The fourth-order valence-corrected chi connectivity index (χ4v) is 8.91. The molecule has 4 N–H and O–H groups in total. The first kappa shape index (κ1) is 30.8. The number of nitrogens with zero attached hydrogens (tertiary/aromatic N) is 2. The molecule has 0 aromatic carbocycles. The van der Waals surface area contributed by atoms with Crippen LogP contribution in [0.1, 0.15) is 78.6 Å². The van der Waals surface area contributed by atoms with E-state index < -0.39 is 41.8 Å². The predicted molar refractivity (Wildman–Crippen MR) is 159 cm³/mol. The van der Waals surface area contributed by atoms with Crippen molar-refractivity contribution in [1.82, 2.24) is 20.4 Å². The fourth-order valence-electron chi connectivity index (χ4n) is 8.91. The van der Waals surface area contributed by atoms with E-state index in [4.69, 9.17) is 15.2 Å². The summed E-state index contributed by atoms with van der Waals surface area (Å²) < 4.78 is 28.8. The Morgan fingerprint density at radius 2 is 1.86 bits per heavy atom. The number of nitrogens with two attached hydrogens (primary N) is 1. The first-order valence-electron chi connectivity index (χ1n) is 16.6. The van der Waals surface area contributed by atoms with E-state index in [1.165, 1.54) is 25.7 Å². The number of carbonyl (C=O) groups is 3. The number of rotatable bonds is 6. The Labute approximate surface area is 254 Å². The molecule has 0 aromatic heterocycles. The monoisotopic (exact) mass is 603 g/mol. The van der Waals surface area contributed by atoms with E-state index in [2.05, 4.69) is 20.4 Å². The Morgan fingerprint density at radius 3 is 2.58 bits per heavy atom. The number of likely N-dealkylation sites (tertiary alicyclic amines) is 1. The summed E-state index contributed by atoms with van der Waals surface area (Å²) >= 11 is 0. The van der Waals surface area contributed by atoms with Gasteiger partial charge < -0.3 is 30.7 Å². The van der Waals surface area contributed by atoms with Gasteiger partial charge in [0.05, 0.1) is 35.9 Å². The van der Waals surface area contributed by atoms with Gasteiger partial charge in [0.2, 0.25) is 0 Å². The third kappa shape index (κ3) is 6.18. The number of hydrogen-bond donors (Lipinski definition) is 3. The van der Waals surface area contributed by atoms with Gasteiger partial charge in [-0.25, -0.2) is 9.18 Å². The molecule has 43 heavy (non-hydrogen) atoms. The van der Waals surface area contributed by atoms with E-state index in [-0.39, 0.29) is 42.0 Å². The molecule has 0 aromatic rings. The van der Waals surface area contributed by atoms with Crippen LogP contribution in [0.15, 0.2) is 11.8 Å². The molecule has 10 atom stereocenters. The Kier molecular flexibility index (Phi) is 8.78. The van der Waals surface area contributed by atoms with Crippen LogP contribution in [-0.4, -0.2) is 102 Å². The minimum atomic E-state index is -1.29. The molecule has 3 aliphatic carbocycles. The van der Waals surface area contributed by atoms with Crippen LogP contribution in [0.25, 0.3) is 0 Å². The molecule has 9 unspecified atom stereocenters. The van der Waals surface area contributed by atoms with Gasteiger partial charge >= 0.3 is 6.09 Å². The number of carbonyl (C=O) groups excluding carboxylic acids is 3. The van der Waals surface area contributed by atoms with Crippen LogP contribution in [0.4, 0.5) is 9.18 Å². The number of alkyl carbamates (subject to hydrolysis) is 1. The van der Waals surface area contributed by atoms with Gasteiger partial charge in [-0.3, -0.25) is 14.5 Å². The second-order valence-electron chi connectivity index (χ2n) is 14.7. The Balaban J connectivity index is 1.26. The number of Topliss-reactive ketones (excluding diaryl/α,β-unsaturated/α-hetero) is 1. The maximum Gasteiger partial charge on any atom is 0.407 e. The minimum Gasteiger partial charge on any atom is -0.444 e. The van der Waals surface area contributed by atoms with Crippen molar-refractivity contribution in [1.29, 1.82) is 0 Å². The highest BCUT2D eigenvalue weighted by molar-refractivity contribution is 6.20. The van der Waals surface area contributed by atoms with Gasteiger partial charge in [-0.15, -0.1) is 0 Å². The van der Waals surface area contributed by atoms with E-state index in [0.29, 0.717) is 50.9 Å². The highest BCUT2D eigenvalue weighted by Crippen LogP contribution is 2.51. The number of ether oxygens (including phenoxy) is 2. The SMILES string of the molecule is CC(C)(C)OC(=O)N[C@@H]1CCN(C2C(F)CC3C(=O)C(C(=O)NCCCN)=CN4C5CC6CCCCC6CC5OC2C34)C1. The average molecular weight is 604 g/mol. The lowest BCUT2D eigenvalue weighted by Crippen LogP contribution is -2.73. The molecule has 6 aliphatic rings. The van der Waals surface area contributed by atoms with Crippen molar-refractivity contribution in [2.75, 3.05) is 26.2 Å². The van der Waals surface area contributed by atoms with E-state index in [1.807, 2.05) is 20.8 Å². The molecule has 3 heterocycles. The molecular weight excluding hydrogens is 553 g/mol. The average Bonchev–Trinajstić information content (AvgIpc) is 3.39. The zero-order valence-corrected chi connectivity index (χ0v) is 25.9. The first-order chi connectivity index (χ1) is 20.5. The van der Waals surface area contributed by atoms with Crippen molar-refractivity contribution in [2.24, 2.45) is 23.5 Å². The summed E-state index contributed by atoms with van der Waals surface area (Å²) in [5, 5.41) is 5.82. The lowest BCUT2D eigenvalue weighted by Gasteiger charge is -2.61. The molecule has 3 saturated carbocycles. The number of alkyl halides is 1. The quantitative estimate of drug-likeness (QED) is 0.313. The third-order valence-corrected chi connectivity index (χ3v) is 10.7. The molecule has 2 saturated heterocycles. The predicted octanol–water partition coefficient (Wildman–Crippen LogP) is 2.65. The lowest BCUT2D eigenvalue weighted by molar-refractivity contribution is -0.219. The largest absolute Gasteiger partial charge is 0.444 e. The van der Waals surface area contributed by atoms with Crippen molar-refractivity contribution in [3.8, 4) is 0 Å². The van der Waals surface area contributed by atoms with Crippen molar-refractivity contribution in [3.05, 3.63) is 11.8 Å². The van der Waals surface area contributed by atoms with Crippen LogP contribution in [-0.2, 0) is 19.1 Å². The van der Waals surface area contributed by atoms with Crippen LogP contribution < -0.4 is 16.4 Å². The molecule has 0 radical (unpaired) electrons. The molecule has 240 valence electrons. The van der Waals surface area contributed by atoms with Crippen LogP contribution >= 0.6 is 0 Å². The van der Waals surface area contributed by atoms with E-state index in [1.54, 1.807) is 6.20 Å². The smallest absolute Gasteiger partial charge is 0.407 e. The van der Waals surface area contributed by atoms with Gasteiger partial charge in [-0.2, -0.15) is 0 Å². The maximum atomic E-state index is 16.4. The lowest BCUT2D eigenvalue weighted by atomic mass is 9.64. The molecule has 5 fully saturated rings. The molecule has 0 spiro atoms. The normalized spacial score (nSPS) is 39.2. The fraction of sp³-hybridized carbons (Fsp3) is 0.844. The number of amides is 2. The van der Waals surface area contributed by atoms with Crippen molar-refractivity contribution in [3.63, 3.8) is 0 Å². The molecule has 3 aliphatic heterocycles. The van der Waals surface area contributed by atoms with Gasteiger partial charge in [-0.05, 0) is 71.3 Å². The maximum absolute atomic E-state index is 16.4. The highest BCUT2D eigenvalue weighted by Gasteiger charge is 2.61. The van der Waals surface area contributed by atoms with Gasteiger partial charge in [0.1, 0.15) is 11.8 Å². The Bertz CT molecular complexity index is 1110. The molecular formula is C32H50FN5O5. The van der Waals surface area contributed by atoms with Gasteiger partial charge in [0.15, 0.2) is 5.78 Å². The summed E-state index contributed by atoms with van der Waals surface area (Å²) in [7, 11) is 0. The van der Waals surface area contributed by atoms with E-state index in [0.717, 1.165) is 12.8 Å². The second kappa shape index (κ2) is 12.3. The summed E-state index contributed by atoms with van der Waals surface area (Å²) in [5.74, 6) is -0.0880. The van der Waals surface area contributed by atoms with Crippen molar-refractivity contribution >= 4 is 17.8 Å². The van der Waals surface area contributed by atoms with E-state index >= 15 is 4.39 Å². The van der Waals surface area contributed by atoms with Crippen LogP contribution in [0.2, 0.25) is 0 Å². The zero-order chi connectivity index (χ0) is 30.5. The van der Waals surface area contributed by atoms with Gasteiger partial charge in [0.25, 0.3) is 5.91 Å². The summed E-state index contributed by atoms with van der Waals surface area (Å²) in [5.41, 5.74) is 5.15. The van der Waals surface area contributed by atoms with Gasteiger partial charge in [-0.1, -0.05) is 25.7 Å². The van der Waals surface area contributed by atoms with Crippen LogP contribution in [0, 0.1) is 17.8 Å². The topological polar surface area (TPSA) is 126 Å². The summed E-state index contributed by atoms with van der Waals surface area (Å²) in [4.78, 5) is 43.9. The number of hydrogen-bond acceptors (Lipinski definition) is 8. The summed E-state index contributed by atoms with van der Waals surface area (Å²) in [6.45, 7) is 7.46.